The zero-order valence-corrected chi connectivity index (χ0v) is 16.3. The van der Waals surface area contributed by atoms with Crippen molar-refractivity contribution in [3.05, 3.63) is 47.8 Å². The number of carbonyl (C=O) groups is 1. The Kier molecular flexibility index (Phi) is 9.70. The molecule has 8 nitrogen and oxygen atoms in total. The molecule has 2 aromatic rings. The number of furan rings is 2. The van der Waals surface area contributed by atoms with Gasteiger partial charge in [-0.05, 0) is 30.7 Å². The van der Waals surface area contributed by atoms with E-state index in [2.05, 4.69) is 15.6 Å². The maximum atomic E-state index is 11.0. The molecule has 0 radical (unpaired) electrons. The molecule has 0 atom stereocenters. The number of primary amides is 1. The van der Waals surface area contributed by atoms with Gasteiger partial charge in [0.15, 0.2) is 11.7 Å². The van der Waals surface area contributed by atoms with Crippen LogP contribution >= 0.6 is 24.0 Å². The minimum atomic E-state index is -0.585. The van der Waals surface area contributed by atoms with E-state index >= 15 is 0 Å². The van der Waals surface area contributed by atoms with Crippen molar-refractivity contribution >= 4 is 35.8 Å². The maximum Gasteiger partial charge on any atom is 0.284 e. The van der Waals surface area contributed by atoms with Gasteiger partial charge in [-0.2, -0.15) is 0 Å². The highest BCUT2D eigenvalue weighted by Gasteiger charge is 2.07. The molecular formula is C16H23IN4O4. The van der Waals surface area contributed by atoms with E-state index in [1.807, 2.05) is 12.1 Å². The van der Waals surface area contributed by atoms with E-state index in [0.717, 1.165) is 12.2 Å². The first-order valence-electron chi connectivity index (χ1n) is 7.62. The lowest BCUT2D eigenvalue weighted by Gasteiger charge is -2.10. The van der Waals surface area contributed by atoms with Crippen LogP contribution < -0.4 is 16.4 Å². The van der Waals surface area contributed by atoms with E-state index in [-0.39, 0.29) is 29.7 Å². The highest BCUT2D eigenvalue weighted by atomic mass is 127. The third-order valence-electron chi connectivity index (χ3n) is 3.14. The van der Waals surface area contributed by atoms with E-state index in [0.29, 0.717) is 38.0 Å². The van der Waals surface area contributed by atoms with Crippen molar-refractivity contribution < 1.29 is 18.4 Å². The van der Waals surface area contributed by atoms with E-state index in [1.165, 1.54) is 0 Å². The lowest BCUT2D eigenvalue weighted by atomic mass is 10.4. The van der Waals surface area contributed by atoms with Crippen molar-refractivity contribution in [1.29, 1.82) is 0 Å². The van der Waals surface area contributed by atoms with Crippen LogP contribution in [0.25, 0.3) is 0 Å². The number of carbonyl (C=O) groups excluding carboxylic acids is 1. The van der Waals surface area contributed by atoms with Gasteiger partial charge in [-0.3, -0.25) is 9.79 Å². The fourth-order valence-electron chi connectivity index (χ4n) is 1.95. The van der Waals surface area contributed by atoms with E-state index in [1.54, 1.807) is 25.4 Å². The number of ether oxygens (including phenoxy) is 1. The van der Waals surface area contributed by atoms with Crippen molar-refractivity contribution in [3.63, 3.8) is 0 Å². The second kappa shape index (κ2) is 11.5. The molecule has 0 aliphatic heterocycles. The van der Waals surface area contributed by atoms with Gasteiger partial charge in [0.05, 0.1) is 12.8 Å². The molecule has 2 rings (SSSR count). The van der Waals surface area contributed by atoms with Gasteiger partial charge in [0.1, 0.15) is 18.1 Å². The highest BCUT2D eigenvalue weighted by Crippen LogP contribution is 2.06. The second-order valence-electron chi connectivity index (χ2n) is 4.97. The molecule has 0 unspecified atom stereocenters. The molecule has 9 heteroatoms. The molecule has 0 aromatic carbocycles. The minimum Gasteiger partial charge on any atom is -0.467 e. The summed E-state index contributed by atoms with van der Waals surface area (Å²) >= 11 is 0. The molecule has 0 aliphatic carbocycles. The standard InChI is InChI=1S/C16H22N4O4.HI/c1-18-16(20-10-12-5-6-14(24-12)15(17)21)19-7-3-8-22-11-13-4-2-9-23-13;/h2,4-6,9H,3,7-8,10-11H2,1H3,(H2,17,21)(H2,18,19,20);1H. The Bertz CT molecular complexity index is 655. The fourth-order valence-corrected chi connectivity index (χ4v) is 1.95. The Morgan fingerprint density at radius 3 is 2.76 bits per heavy atom. The molecule has 1 amide bonds. The van der Waals surface area contributed by atoms with Crippen molar-refractivity contribution in [2.45, 2.75) is 19.6 Å². The lowest BCUT2D eigenvalue weighted by Crippen LogP contribution is -2.37. The van der Waals surface area contributed by atoms with Gasteiger partial charge in [-0.25, -0.2) is 0 Å². The Labute approximate surface area is 163 Å². The van der Waals surface area contributed by atoms with Crippen LogP contribution in [0.3, 0.4) is 0 Å². The number of halogens is 1. The van der Waals surface area contributed by atoms with Crippen LogP contribution in [0.5, 0.6) is 0 Å². The summed E-state index contributed by atoms with van der Waals surface area (Å²) in [5.41, 5.74) is 5.14. The number of amides is 1. The topological polar surface area (TPSA) is 115 Å². The number of aliphatic imine (C=N–C) groups is 1. The van der Waals surface area contributed by atoms with Crippen LogP contribution in [0.2, 0.25) is 0 Å². The quantitative estimate of drug-likeness (QED) is 0.227. The molecule has 2 aromatic heterocycles. The van der Waals surface area contributed by atoms with Gasteiger partial charge in [0.25, 0.3) is 5.91 Å². The first kappa shape index (κ1) is 21.0. The fraction of sp³-hybridized carbons (Fsp3) is 0.375. The van der Waals surface area contributed by atoms with E-state index < -0.39 is 5.91 Å². The van der Waals surface area contributed by atoms with Gasteiger partial charge in [0, 0.05) is 20.2 Å². The van der Waals surface area contributed by atoms with Gasteiger partial charge in [-0.15, -0.1) is 24.0 Å². The van der Waals surface area contributed by atoms with Crippen LogP contribution in [0.15, 0.2) is 44.4 Å². The second-order valence-corrected chi connectivity index (χ2v) is 4.97. The van der Waals surface area contributed by atoms with Crippen molar-refractivity contribution in [2.24, 2.45) is 10.7 Å². The summed E-state index contributed by atoms with van der Waals surface area (Å²) in [6.07, 6.45) is 2.45. The van der Waals surface area contributed by atoms with E-state index in [4.69, 9.17) is 19.3 Å². The van der Waals surface area contributed by atoms with Gasteiger partial charge in [0.2, 0.25) is 0 Å². The average Bonchev–Trinajstić information content (AvgIpc) is 3.25. The van der Waals surface area contributed by atoms with Crippen LogP contribution in [0.1, 0.15) is 28.5 Å². The van der Waals surface area contributed by atoms with Gasteiger partial charge in [-0.1, -0.05) is 0 Å². The van der Waals surface area contributed by atoms with Gasteiger partial charge >= 0.3 is 0 Å². The van der Waals surface area contributed by atoms with Crippen molar-refractivity contribution in [1.82, 2.24) is 10.6 Å². The predicted molar refractivity (Wildman–Crippen MR) is 104 cm³/mol. The zero-order valence-electron chi connectivity index (χ0n) is 14.0. The lowest BCUT2D eigenvalue weighted by molar-refractivity contribution is 0.0972. The first-order valence-corrected chi connectivity index (χ1v) is 7.62. The number of rotatable bonds is 9. The third kappa shape index (κ3) is 7.61. The molecule has 0 aliphatic rings. The van der Waals surface area contributed by atoms with Crippen molar-refractivity contribution in [2.75, 3.05) is 20.2 Å². The number of nitrogens with two attached hydrogens (primary N) is 1. The van der Waals surface area contributed by atoms with Crippen molar-refractivity contribution in [3.8, 4) is 0 Å². The SMILES string of the molecule is CN=C(NCCCOCc1ccco1)NCc1ccc(C(N)=O)o1.I. The Morgan fingerprint density at radius 1 is 1.28 bits per heavy atom. The van der Waals surface area contributed by atoms with Crippen LogP contribution in [0.4, 0.5) is 0 Å². The summed E-state index contributed by atoms with van der Waals surface area (Å²) in [6.45, 7) is 2.20. The summed E-state index contributed by atoms with van der Waals surface area (Å²) < 4.78 is 16.0. The molecule has 25 heavy (non-hydrogen) atoms. The zero-order chi connectivity index (χ0) is 17.2. The van der Waals surface area contributed by atoms with Crippen LogP contribution in [-0.2, 0) is 17.9 Å². The summed E-state index contributed by atoms with van der Waals surface area (Å²) in [5.74, 6) is 1.61. The summed E-state index contributed by atoms with van der Waals surface area (Å²) in [4.78, 5) is 15.1. The van der Waals surface area contributed by atoms with Crippen LogP contribution in [0, 0.1) is 0 Å². The molecule has 0 fully saturated rings. The number of hydrogen-bond acceptors (Lipinski definition) is 5. The number of guanidine groups is 1. The Hall–Kier alpha value is -2.01. The van der Waals surface area contributed by atoms with Crippen LogP contribution in [-0.4, -0.2) is 32.1 Å². The summed E-state index contributed by atoms with van der Waals surface area (Å²) in [7, 11) is 1.68. The maximum absolute atomic E-state index is 11.0. The van der Waals surface area contributed by atoms with Gasteiger partial charge < -0.3 is 29.9 Å². The Balaban J connectivity index is 0.00000312. The molecule has 138 valence electrons. The number of nitrogens with one attached hydrogen (secondary N) is 2. The molecule has 0 spiro atoms. The predicted octanol–water partition coefficient (Wildman–Crippen LogP) is 1.86. The number of hydrogen-bond donors (Lipinski definition) is 3. The third-order valence-corrected chi connectivity index (χ3v) is 3.14. The smallest absolute Gasteiger partial charge is 0.284 e. The normalized spacial score (nSPS) is 11.0. The first-order chi connectivity index (χ1) is 11.7. The summed E-state index contributed by atoms with van der Waals surface area (Å²) in [6, 6.07) is 6.96. The molecule has 0 saturated carbocycles. The largest absolute Gasteiger partial charge is 0.467 e. The molecule has 0 saturated heterocycles. The molecule has 4 N–H and O–H groups in total. The minimum absolute atomic E-state index is 0. The monoisotopic (exact) mass is 462 g/mol. The Morgan fingerprint density at radius 2 is 2.12 bits per heavy atom. The summed E-state index contributed by atoms with van der Waals surface area (Å²) in [5, 5.41) is 6.25. The average molecular weight is 462 g/mol. The molecule has 0 bridgehead atoms. The van der Waals surface area contributed by atoms with E-state index in [9.17, 15) is 4.79 Å². The molecule has 2 heterocycles. The highest BCUT2D eigenvalue weighted by molar-refractivity contribution is 14.0. The molecular weight excluding hydrogens is 439 g/mol. The number of nitrogens with zero attached hydrogens (tertiary/aromatic N) is 1.